The smallest absolute Gasteiger partial charge is 0.313 e. The fourth-order valence-electron chi connectivity index (χ4n) is 3.07. The monoisotopic (exact) mass is 256 g/mol. The average Bonchev–Trinajstić information content (AvgIpc) is 2.74. The fourth-order valence-corrected chi connectivity index (χ4v) is 3.07. The van der Waals surface area contributed by atoms with E-state index in [1.165, 1.54) is 7.11 Å². The maximum Gasteiger partial charge on any atom is 0.313 e. The number of methoxy groups -OCH3 is 1. The van der Waals surface area contributed by atoms with Gasteiger partial charge in [0, 0.05) is 5.56 Å². The molecule has 1 aliphatic heterocycles. The third kappa shape index (κ3) is 1.47. The van der Waals surface area contributed by atoms with Gasteiger partial charge in [0.05, 0.1) is 18.4 Å². The number of carbonyl (C=O) groups excluding carboxylic acids is 1. The van der Waals surface area contributed by atoms with Crippen LogP contribution in [0.25, 0.3) is 0 Å². The highest BCUT2D eigenvalue weighted by molar-refractivity contribution is 5.80. The van der Waals surface area contributed by atoms with Crippen molar-refractivity contribution >= 4 is 5.97 Å². The van der Waals surface area contributed by atoms with E-state index in [1.54, 1.807) is 0 Å². The Morgan fingerprint density at radius 1 is 1.37 bits per heavy atom. The molecule has 0 radical (unpaired) electrons. The van der Waals surface area contributed by atoms with E-state index in [0.717, 1.165) is 22.6 Å². The zero-order chi connectivity index (χ0) is 13.6. The van der Waals surface area contributed by atoms with Gasteiger partial charge >= 0.3 is 5.97 Å². The molecule has 1 aromatic rings. The predicted molar refractivity (Wildman–Crippen MR) is 71.8 cm³/mol. The quantitative estimate of drug-likeness (QED) is 0.725. The van der Waals surface area contributed by atoms with Crippen molar-refractivity contribution in [2.24, 2.45) is 5.92 Å². The van der Waals surface area contributed by atoms with Gasteiger partial charge in [0.15, 0.2) is 0 Å². The van der Waals surface area contributed by atoms with E-state index in [9.17, 15) is 4.79 Å². The van der Waals surface area contributed by atoms with E-state index in [4.69, 9.17) is 9.47 Å². The van der Waals surface area contributed by atoms with Crippen LogP contribution in [-0.2, 0) is 14.9 Å². The first kappa shape index (κ1) is 12.0. The predicted octanol–water partition coefficient (Wildman–Crippen LogP) is 2.97. The molecule has 0 unspecified atom stereocenters. The van der Waals surface area contributed by atoms with Gasteiger partial charge in [-0.05, 0) is 25.5 Å². The molecule has 2 aliphatic rings. The highest BCUT2D eigenvalue weighted by atomic mass is 16.5. The molecular formula is C16H16O3. The van der Waals surface area contributed by atoms with Crippen molar-refractivity contribution in [2.75, 3.05) is 7.11 Å². The Kier molecular flexibility index (Phi) is 2.52. The molecule has 19 heavy (non-hydrogen) atoms. The summed E-state index contributed by atoms with van der Waals surface area (Å²) in [4.78, 5) is 12.1. The van der Waals surface area contributed by atoms with Gasteiger partial charge in [-0.15, -0.1) is 0 Å². The number of carbonyl (C=O) groups is 1. The number of fused-ring (bicyclic) bond motifs is 3. The van der Waals surface area contributed by atoms with Gasteiger partial charge in [-0.2, -0.15) is 0 Å². The molecule has 3 heteroatoms. The molecule has 0 amide bonds. The second-order valence-electron chi connectivity index (χ2n) is 5.17. The number of para-hydroxylation sites is 1. The Morgan fingerprint density at radius 2 is 2.11 bits per heavy atom. The lowest BCUT2D eigenvalue weighted by atomic mass is 9.68. The Bertz CT molecular complexity index is 612. The zero-order valence-electron chi connectivity index (χ0n) is 11.3. The van der Waals surface area contributed by atoms with Gasteiger partial charge in [-0.3, -0.25) is 4.79 Å². The van der Waals surface area contributed by atoms with Gasteiger partial charge in [0.25, 0.3) is 0 Å². The van der Waals surface area contributed by atoms with Crippen LogP contribution in [0.2, 0.25) is 0 Å². The summed E-state index contributed by atoms with van der Waals surface area (Å²) in [5.74, 6) is 1.10. The topological polar surface area (TPSA) is 35.5 Å². The van der Waals surface area contributed by atoms with E-state index < -0.39 is 5.41 Å². The average molecular weight is 256 g/mol. The molecule has 3 nitrogen and oxygen atoms in total. The van der Waals surface area contributed by atoms with Crippen molar-refractivity contribution in [3.05, 3.63) is 53.3 Å². The van der Waals surface area contributed by atoms with E-state index in [0.29, 0.717) is 0 Å². The molecular weight excluding hydrogens is 240 g/mol. The lowest BCUT2D eigenvalue weighted by molar-refractivity contribution is -0.145. The number of esters is 1. The summed E-state index contributed by atoms with van der Waals surface area (Å²) in [7, 11) is 1.42. The maximum absolute atomic E-state index is 12.1. The van der Waals surface area contributed by atoms with Crippen LogP contribution < -0.4 is 4.74 Å². The third-order valence-electron chi connectivity index (χ3n) is 4.10. The molecule has 0 spiro atoms. The molecule has 0 saturated carbocycles. The summed E-state index contributed by atoms with van der Waals surface area (Å²) in [5.41, 5.74) is 1.63. The van der Waals surface area contributed by atoms with Crippen LogP contribution in [0, 0.1) is 5.92 Å². The van der Waals surface area contributed by atoms with Crippen molar-refractivity contribution < 1.29 is 14.3 Å². The lowest BCUT2D eigenvalue weighted by Gasteiger charge is -2.33. The molecule has 3 rings (SSSR count). The molecule has 2 atom stereocenters. The van der Waals surface area contributed by atoms with Crippen molar-refractivity contribution in [1.29, 1.82) is 0 Å². The SMILES string of the molecule is COC(=O)[C@H]1C=CC(C)=C2Oc3ccccc3[C@@]21C. The highest BCUT2D eigenvalue weighted by Crippen LogP contribution is 2.53. The molecule has 0 aromatic heterocycles. The molecule has 0 bridgehead atoms. The normalized spacial score (nSPS) is 27.6. The van der Waals surface area contributed by atoms with Crippen LogP contribution >= 0.6 is 0 Å². The summed E-state index contributed by atoms with van der Waals surface area (Å²) < 4.78 is 10.9. The van der Waals surface area contributed by atoms with Crippen molar-refractivity contribution in [1.82, 2.24) is 0 Å². The summed E-state index contributed by atoms with van der Waals surface area (Å²) in [6, 6.07) is 7.87. The highest BCUT2D eigenvalue weighted by Gasteiger charge is 2.51. The number of allylic oxidation sites excluding steroid dienone is 3. The first-order chi connectivity index (χ1) is 9.09. The van der Waals surface area contributed by atoms with Gasteiger partial charge in [0.2, 0.25) is 0 Å². The van der Waals surface area contributed by atoms with Crippen LogP contribution in [0.4, 0.5) is 0 Å². The molecule has 1 heterocycles. The minimum Gasteiger partial charge on any atom is -0.469 e. The number of ether oxygens (including phenoxy) is 2. The van der Waals surface area contributed by atoms with Crippen LogP contribution in [0.1, 0.15) is 19.4 Å². The summed E-state index contributed by atoms with van der Waals surface area (Å²) in [5, 5.41) is 0. The largest absolute Gasteiger partial charge is 0.469 e. The number of hydrogen-bond donors (Lipinski definition) is 0. The molecule has 1 aromatic carbocycles. The summed E-state index contributed by atoms with van der Waals surface area (Å²) in [6.07, 6.45) is 3.85. The Morgan fingerprint density at radius 3 is 2.84 bits per heavy atom. The molecule has 1 aliphatic carbocycles. The summed E-state index contributed by atoms with van der Waals surface area (Å²) >= 11 is 0. The van der Waals surface area contributed by atoms with Gasteiger partial charge < -0.3 is 9.47 Å². The Balaban J connectivity index is 2.22. The third-order valence-corrected chi connectivity index (χ3v) is 4.10. The van der Waals surface area contributed by atoms with Crippen molar-refractivity contribution in [3.63, 3.8) is 0 Å². The van der Waals surface area contributed by atoms with Crippen LogP contribution in [0.15, 0.2) is 47.7 Å². The lowest BCUT2D eigenvalue weighted by Crippen LogP contribution is -2.39. The zero-order valence-corrected chi connectivity index (χ0v) is 11.3. The number of hydrogen-bond acceptors (Lipinski definition) is 3. The first-order valence-electron chi connectivity index (χ1n) is 6.33. The minimum atomic E-state index is -0.470. The first-order valence-corrected chi connectivity index (χ1v) is 6.33. The van der Waals surface area contributed by atoms with E-state index in [2.05, 4.69) is 0 Å². The van der Waals surface area contributed by atoms with Gasteiger partial charge in [0.1, 0.15) is 11.5 Å². The molecule has 98 valence electrons. The second kappa shape index (κ2) is 3.98. The second-order valence-corrected chi connectivity index (χ2v) is 5.17. The van der Waals surface area contributed by atoms with E-state index >= 15 is 0 Å². The van der Waals surface area contributed by atoms with Gasteiger partial charge in [-0.25, -0.2) is 0 Å². The molecule has 0 fully saturated rings. The Hall–Kier alpha value is -2.03. The number of rotatable bonds is 1. The van der Waals surface area contributed by atoms with Crippen LogP contribution in [0.5, 0.6) is 5.75 Å². The van der Waals surface area contributed by atoms with E-state index in [1.807, 2.05) is 50.3 Å². The van der Waals surface area contributed by atoms with Crippen molar-refractivity contribution in [2.45, 2.75) is 19.3 Å². The fraction of sp³-hybridized carbons (Fsp3) is 0.312. The Labute approximate surface area is 112 Å². The van der Waals surface area contributed by atoms with Crippen LogP contribution in [0.3, 0.4) is 0 Å². The maximum atomic E-state index is 12.1. The van der Waals surface area contributed by atoms with E-state index in [-0.39, 0.29) is 11.9 Å². The van der Waals surface area contributed by atoms with Gasteiger partial charge in [-0.1, -0.05) is 30.4 Å². The summed E-state index contributed by atoms with van der Waals surface area (Å²) in [6.45, 7) is 4.05. The molecule has 0 N–H and O–H groups in total. The number of benzene rings is 1. The minimum absolute atomic E-state index is 0.232. The van der Waals surface area contributed by atoms with Crippen molar-refractivity contribution in [3.8, 4) is 5.75 Å². The van der Waals surface area contributed by atoms with Crippen LogP contribution in [-0.4, -0.2) is 13.1 Å². The molecule has 0 saturated heterocycles. The standard InChI is InChI=1S/C16H16O3/c1-10-8-9-12(15(17)18-3)16(2)11-6-4-5-7-13(11)19-14(10)16/h4-9,12H,1-3H3/t12-,16-/m1/s1.